The van der Waals surface area contributed by atoms with Gasteiger partial charge >= 0.3 is 0 Å². The highest BCUT2D eigenvalue weighted by Gasteiger charge is 2.02. The molecule has 0 atom stereocenters. The Labute approximate surface area is 70.2 Å². The Morgan fingerprint density at radius 3 is 2.27 bits per heavy atom. The number of rotatable bonds is 3. The molecule has 0 fully saturated rings. The number of hydrogen-bond acceptors (Lipinski definition) is 1. The Kier molecular flexibility index (Phi) is 4.84. The molecule has 0 aromatic rings. The Morgan fingerprint density at radius 2 is 2.00 bits per heavy atom. The summed E-state index contributed by atoms with van der Waals surface area (Å²) in [5.74, 6) is 0.596. The second-order valence-electron chi connectivity index (χ2n) is 3.13. The number of nitrogens with zero attached hydrogens (tertiary/aromatic N) is 1. The zero-order valence-electron chi connectivity index (χ0n) is 8.31. The summed E-state index contributed by atoms with van der Waals surface area (Å²) in [5, 5.41) is 0. The Morgan fingerprint density at radius 1 is 1.45 bits per heavy atom. The zero-order chi connectivity index (χ0) is 8.85. The normalized spacial score (nSPS) is 14.4. The predicted octanol–water partition coefficient (Wildman–Crippen LogP) is 3.07. The Hall–Kier alpha value is -0.590. The van der Waals surface area contributed by atoms with Gasteiger partial charge in [0.25, 0.3) is 0 Å². The van der Waals surface area contributed by atoms with E-state index in [9.17, 15) is 0 Å². The van der Waals surface area contributed by atoms with Crippen LogP contribution in [0.5, 0.6) is 0 Å². The molecule has 0 rings (SSSR count). The maximum atomic E-state index is 4.04. The molecule has 0 aromatic carbocycles. The summed E-state index contributed by atoms with van der Waals surface area (Å²) in [6, 6.07) is 0. The molecule has 1 heteroatoms. The molecule has 64 valence electrons. The summed E-state index contributed by atoms with van der Waals surface area (Å²) >= 11 is 0. The molecule has 0 heterocycles. The van der Waals surface area contributed by atoms with Crippen LogP contribution in [0.25, 0.3) is 0 Å². The smallest absolute Gasteiger partial charge is 0.0277 e. The second kappa shape index (κ2) is 5.11. The molecule has 0 aliphatic carbocycles. The van der Waals surface area contributed by atoms with Crippen LogP contribution in [0.3, 0.4) is 0 Å². The fourth-order valence-electron chi connectivity index (χ4n) is 1.10. The van der Waals surface area contributed by atoms with Crippen LogP contribution < -0.4 is 0 Å². The first kappa shape index (κ1) is 10.4. The fourth-order valence-corrected chi connectivity index (χ4v) is 1.10. The van der Waals surface area contributed by atoms with E-state index >= 15 is 0 Å². The van der Waals surface area contributed by atoms with Gasteiger partial charge in [0.15, 0.2) is 0 Å². The van der Waals surface area contributed by atoms with E-state index in [1.165, 1.54) is 11.1 Å². The van der Waals surface area contributed by atoms with Gasteiger partial charge in [-0.15, -0.1) is 0 Å². The van der Waals surface area contributed by atoms with Crippen molar-refractivity contribution in [3.63, 3.8) is 0 Å². The molecule has 0 aliphatic heterocycles. The Balaban J connectivity index is 4.57. The van der Waals surface area contributed by atoms with E-state index in [2.05, 4.69) is 32.7 Å². The molecule has 0 bridgehead atoms. The minimum atomic E-state index is 0.596. The monoisotopic (exact) mass is 153 g/mol. The summed E-state index contributed by atoms with van der Waals surface area (Å²) in [7, 11) is 1.82. The van der Waals surface area contributed by atoms with Gasteiger partial charge in [0.2, 0.25) is 0 Å². The van der Waals surface area contributed by atoms with Gasteiger partial charge in [-0.3, -0.25) is 4.99 Å². The lowest BCUT2D eigenvalue weighted by molar-refractivity contribution is 0.786. The molecular formula is C10H19N. The minimum Gasteiger partial charge on any atom is -0.296 e. The van der Waals surface area contributed by atoms with Gasteiger partial charge in [-0.2, -0.15) is 0 Å². The van der Waals surface area contributed by atoms with E-state index in [-0.39, 0.29) is 0 Å². The molecule has 0 saturated heterocycles. The van der Waals surface area contributed by atoms with Gasteiger partial charge in [0, 0.05) is 13.3 Å². The van der Waals surface area contributed by atoms with Gasteiger partial charge in [0.05, 0.1) is 0 Å². The molecule has 0 radical (unpaired) electrons. The molecular weight excluding hydrogens is 134 g/mol. The van der Waals surface area contributed by atoms with Gasteiger partial charge < -0.3 is 0 Å². The molecule has 0 unspecified atom stereocenters. The van der Waals surface area contributed by atoms with E-state index < -0.39 is 0 Å². The van der Waals surface area contributed by atoms with Crippen molar-refractivity contribution in [1.29, 1.82) is 0 Å². The third-order valence-corrected chi connectivity index (χ3v) is 1.91. The van der Waals surface area contributed by atoms with Crippen LogP contribution >= 0.6 is 0 Å². The summed E-state index contributed by atoms with van der Waals surface area (Å²) in [4.78, 5) is 4.04. The van der Waals surface area contributed by atoms with Crippen LogP contribution in [0.2, 0.25) is 0 Å². The summed E-state index contributed by atoms with van der Waals surface area (Å²) < 4.78 is 0. The van der Waals surface area contributed by atoms with Crippen molar-refractivity contribution in [2.75, 3.05) is 7.05 Å². The van der Waals surface area contributed by atoms with E-state index in [1.807, 2.05) is 13.3 Å². The van der Waals surface area contributed by atoms with Crippen LogP contribution in [-0.4, -0.2) is 13.3 Å². The van der Waals surface area contributed by atoms with E-state index in [0.29, 0.717) is 5.92 Å². The highest BCUT2D eigenvalue weighted by Crippen LogP contribution is 2.14. The quantitative estimate of drug-likeness (QED) is 0.552. The van der Waals surface area contributed by atoms with Crippen LogP contribution in [-0.2, 0) is 0 Å². The zero-order valence-corrected chi connectivity index (χ0v) is 8.31. The standard InChI is InChI=1S/C10H19N/c1-6-9(4)10(7-11-5)8(2)3/h7-8H,6H2,1-5H3/b10-9-,11-7?. The molecule has 1 nitrogen and oxygen atoms in total. The van der Waals surface area contributed by atoms with Crippen molar-refractivity contribution < 1.29 is 0 Å². The summed E-state index contributed by atoms with van der Waals surface area (Å²) in [5.41, 5.74) is 2.83. The van der Waals surface area contributed by atoms with E-state index in [4.69, 9.17) is 0 Å². The van der Waals surface area contributed by atoms with Crippen LogP contribution in [0.1, 0.15) is 34.1 Å². The highest BCUT2D eigenvalue weighted by molar-refractivity contribution is 5.79. The largest absolute Gasteiger partial charge is 0.296 e. The minimum absolute atomic E-state index is 0.596. The molecule has 0 N–H and O–H groups in total. The van der Waals surface area contributed by atoms with Crippen molar-refractivity contribution >= 4 is 6.21 Å². The lowest BCUT2D eigenvalue weighted by Crippen LogP contribution is -1.98. The number of allylic oxidation sites excluding steroid dienone is 2. The molecule has 0 spiro atoms. The topological polar surface area (TPSA) is 12.4 Å². The molecule has 0 amide bonds. The average Bonchev–Trinajstić information content (AvgIpc) is 1.98. The van der Waals surface area contributed by atoms with Gasteiger partial charge in [-0.25, -0.2) is 0 Å². The molecule has 11 heavy (non-hydrogen) atoms. The van der Waals surface area contributed by atoms with Crippen molar-refractivity contribution in [2.24, 2.45) is 10.9 Å². The maximum Gasteiger partial charge on any atom is 0.0277 e. The molecule has 0 aromatic heterocycles. The lowest BCUT2D eigenvalue weighted by Gasteiger charge is -2.09. The Bertz CT molecular complexity index is 164. The third kappa shape index (κ3) is 3.35. The fraction of sp³-hybridized carbons (Fsp3) is 0.700. The van der Waals surface area contributed by atoms with E-state index in [1.54, 1.807) is 0 Å². The predicted molar refractivity (Wildman–Crippen MR) is 52.2 cm³/mol. The second-order valence-corrected chi connectivity index (χ2v) is 3.13. The number of aliphatic imine (C=N–C) groups is 1. The molecule has 0 aliphatic rings. The SMILES string of the molecule is CC/C(C)=C(/C=NC)C(C)C. The summed E-state index contributed by atoms with van der Waals surface area (Å²) in [6.45, 7) is 8.77. The lowest BCUT2D eigenvalue weighted by atomic mass is 9.98. The first-order chi connectivity index (χ1) is 5.13. The third-order valence-electron chi connectivity index (χ3n) is 1.91. The van der Waals surface area contributed by atoms with Crippen LogP contribution in [0.4, 0.5) is 0 Å². The van der Waals surface area contributed by atoms with Crippen LogP contribution in [0, 0.1) is 5.92 Å². The van der Waals surface area contributed by atoms with Crippen LogP contribution in [0.15, 0.2) is 16.1 Å². The van der Waals surface area contributed by atoms with Crippen molar-refractivity contribution in [3.8, 4) is 0 Å². The molecule has 0 saturated carbocycles. The van der Waals surface area contributed by atoms with E-state index in [0.717, 1.165) is 6.42 Å². The van der Waals surface area contributed by atoms with Crippen molar-refractivity contribution in [2.45, 2.75) is 34.1 Å². The maximum absolute atomic E-state index is 4.04. The van der Waals surface area contributed by atoms with Gasteiger partial charge in [0.1, 0.15) is 0 Å². The van der Waals surface area contributed by atoms with Crippen molar-refractivity contribution in [3.05, 3.63) is 11.1 Å². The van der Waals surface area contributed by atoms with Gasteiger partial charge in [-0.05, 0) is 24.8 Å². The van der Waals surface area contributed by atoms with Crippen molar-refractivity contribution in [1.82, 2.24) is 0 Å². The highest BCUT2D eigenvalue weighted by atomic mass is 14.6. The first-order valence-corrected chi connectivity index (χ1v) is 4.25. The number of hydrogen-bond donors (Lipinski definition) is 0. The first-order valence-electron chi connectivity index (χ1n) is 4.25. The average molecular weight is 153 g/mol. The summed E-state index contributed by atoms with van der Waals surface area (Å²) in [6.07, 6.45) is 3.10. The van der Waals surface area contributed by atoms with Gasteiger partial charge in [-0.1, -0.05) is 26.3 Å².